The average molecular weight is 262 g/mol. The molecule has 1 aliphatic rings. The lowest BCUT2D eigenvalue weighted by Crippen LogP contribution is -2.57. The summed E-state index contributed by atoms with van der Waals surface area (Å²) in [5.41, 5.74) is 5.64. The van der Waals surface area contributed by atoms with Crippen LogP contribution in [0.1, 0.15) is 19.2 Å². The second kappa shape index (κ2) is 4.89. The van der Waals surface area contributed by atoms with Gasteiger partial charge < -0.3 is 10.3 Å². The molecule has 0 saturated heterocycles. The molecule has 0 aliphatic carbocycles. The quantitative estimate of drug-likeness (QED) is 0.895. The summed E-state index contributed by atoms with van der Waals surface area (Å²) in [6.07, 6.45) is -0.602. The third-order valence-corrected chi connectivity index (χ3v) is 3.38. The zero-order valence-corrected chi connectivity index (χ0v) is 10.2. The monoisotopic (exact) mass is 262 g/mol. The molecule has 0 bridgehead atoms. The normalized spacial score (nSPS) is 20.5. The van der Waals surface area contributed by atoms with Crippen LogP contribution in [0.15, 0.2) is 12.4 Å². The summed E-state index contributed by atoms with van der Waals surface area (Å²) >= 11 is 0. The van der Waals surface area contributed by atoms with Crippen molar-refractivity contribution in [2.24, 2.45) is 5.73 Å². The molecule has 1 aromatic rings. The fourth-order valence-electron chi connectivity index (χ4n) is 2.37. The highest BCUT2D eigenvalue weighted by Crippen LogP contribution is 2.29. The van der Waals surface area contributed by atoms with E-state index in [4.69, 9.17) is 5.73 Å². The molecule has 7 heteroatoms. The van der Waals surface area contributed by atoms with Crippen LogP contribution in [0.3, 0.4) is 0 Å². The minimum absolute atomic E-state index is 0.199. The van der Waals surface area contributed by atoms with Gasteiger partial charge in [0, 0.05) is 31.5 Å². The first-order chi connectivity index (χ1) is 8.43. The van der Waals surface area contributed by atoms with Crippen molar-refractivity contribution in [1.82, 2.24) is 14.5 Å². The molecule has 1 aliphatic heterocycles. The van der Waals surface area contributed by atoms with Gasteiger partial charge in [0.1, 0.15) is 11.9 Å². The highest BCUT2D eigenvalue weighted by molar-refractivity contribution is 4.99. The van der Waals surface area contributed by atoms with E-state index in [1.807, 2.05) is 4.57 Å². The van der Waals surface area contributed by atoms with Gasteiger partial charge in [-0.2, -0.15) is 13.2 Å². The summed E-state index contributed by atoms with van der Waals surface area (Å²) in [5.74, 6) is 0.666. The molecular weight excluding hydrogens is 245 g/mol. The first kappa shape index (κ1) is 13.4. The smallest absolute Gasteiger partial charge is 0.333 e. The fraction of sp³-hybridized carbons (Fsp3) is 0.727. The first-order valence-corrected chi connectivity index (χ1v) is 6.00. The van der Waals surface area contributed by atoms with Gasteiger partial charge in [0.25, 0.3) is 0 Å². The minimum Gasteiger partial charge on any atom is -0.333 e. The van der Waals surface area contributed by atoms with Crippen LogP contribution in [0.4, 0.5) is 13.2 Å². The van der Waals surface area contributed by atoms with Crippen LogP contribution in [0.2, 0.25) is 0 Å². The summed E-state index contributed by atoms with van der Waals surface area (Å²) in [7, 11) is 0. The summed E-state index contributed by atoms with van der Waals surface area (Å²) in [4.78, 5) is 5.46. The molecule has 0 fully saturated rings. The van der Waals surface area contributed by atoms with Crippen LogP contribution < -0.4 is 5.73 Å². The maximum Gasteiger partial charge on any atom is 0.405 e. The van der Waals surface area contributed by atoms with Gasteiger partial charge in [-0.15, -0.1) is 0 Å². The molecule has 102 valence electrons. The number of alkyl halides is 3. The van der Waals surface area contributed by atoms with Crippen LogP contribution in [0.5, 0.6) is 0 Å². The summed E-state index contributed by atoms with van der Waals surface area (Å²) in [6, 6.07) is -2.49. The third kappa shape index (κ3) is 2.51. The maximum atomic E-state index is 13.1. The highest BCUT2D eigenvalue weighted by Gasteiger charge is 2.47. The number of nitrogens with two attached hydrogens (primary N) is 1. The van der Waals surface area contributed by atoms with Crippen LogP contribution in [-0.2, 0) is 13.1 Å². The molecule has 4 nitrogen and oxygen atoms in total. The molecule has 2 heterocycles. The molecule has 0 radical (unpaired) electrons. The largest absolute Gasteiger partial charge is 0.405 e. The Balaban J connectivity index is 2.18. The zero-order valence-electron chi connectivity index (χ0n) is 10.2. The number of nitrogens with zero attached hydrogens (tertiary/aromatic N) is 3. The van der Waals surface area contributed by atoms with E-state index in [9.17, 15) is 13.2 Å². The van der Waals surface area contributed by atoms with Gasteiger partial charge in [0.2, 0.25) is 0 Å². The van der Waals surface area contributed by atoms with Gasteiger partial charge in [-0.3, -0.25) is 4.90 Å². The van der Waals surface area contributed by atoms with E-state index in [-0.39, 0.29) is 6.54 Å². The molecule has 1 aromatic heterocycles. The number of imidazole rings is 1. The third-order valence-electron chi connectivity index (χ3n) is 3.38. The topological polar surface area (TPSA) is 47.1 Å². The number of rotatable bonds is 3. The van der Waals surface area contributed by atoms with Gasteiger partial charge >= 0.3 is 6.18 Å². The van der Waals surface area contributed by atoms with E-state index >= 15 is 0 Å². The standard InChI is InChI=1S/C11H17F3N4/c1-2-8(15)10(11(12,13)14)18-6-5-17-4-3-16-9(17)7-18/h3-4,8,10H,2,5-7,15H2,1H3. The van der Waals surface area contributed by atoms with Gasteiger partial charge in [-0.1, -0.05) is 6.92 Å². The molecule has 0 saturated carbocycles. The molecule has 0 amide bonds. The van der Waals surface area contributed by atoms with Crippen molar-refractivity contribution in [3.8, 4) is 0 Å². The number of fused-ring (bicyclic) bond motifs is 1. The average Bonchev–Trinajstić information content (AvgIpc) is 2.74. The van der Waals surface area contributed by atoms with Crippen molar-refractivity contribution in [3.63, 3.8) is 0 Å². The summed E-state index contributed by atoms with van der Waals surface area (Å²) < 4.78 is 41.2. The Hall–Kier alpha value is -1.08. The van der Waals surface area contributed by atoms with Crippen molar-refractivity contribution >= 4 is 0 Å². The van der Waals surface area contributed by atoms with Crippen molar-refractivity contribution in [2.45, 2.75) is 44.7 Å². The summed E-state index contributed by atoms with van der Waals surface area (Å²) in [6.45, 7) is 2.75. The van der Waals surface area contributed by atoms with E-state index in [1.54, 1.807) is 19.3 Å². The van der Waals surface area contributed by atoms with Crippen LogP contribution >= 0.6 is 0 Å². The van der Waals surface area contributed by atoms with E-state index in [2.05, 4.69) is 4.98 Å². The Bertz CT molecular complexity index is 401. The van der Waals surface area contributed by atoms with Crippen molar-refractivity contribution < 1.29 is 13.2 Å². The van der Waals surface area contributed by atoms with E-state index in [0.29, 0.717) is 25.3 Å². The molecule has 2 rings (SSSR count). The molecule has 2 unspecified atom stereocenters. The molecular formula is C11H17F3N4. The van der Waals surface area contributed by atoms with Crippen LogP contribution in [0, 0.1) is 0 Å². The van der Waals surface area contributed by atoms with Gasteiger partial charge in [0.05, 0.1) is 6.54 Å². The summed E-state index contributed by atoms with van der Waals surface area (Å²) in [5, 5.41) is 0. The Morgan fingerprint density at radius 2 is 2.17 bits per heavy atom. The number of hydrogen-bond donors (Lipinski definition) is 1. The first-order valence-electron chi connectivity index (χ1n) is 6.00. The number of hydrogen-bond acceptors (Lipinski definition) is 3. The maximum absolute atomic E-state index is 13.1. The Kier molecular flexibility index (Phi) is 3.63. The van der Waals surface area contributed by atoms with E-state index in [1.165, 1.54) is 4.90 Å². The van der Waals surface area contributed by atoms with Crippen LogP contribution in [0.25, 0.3) is 0 Å². The second-order valence-electron chi connectivity index (χ2n) is 4.57. The number of aromatic nitrogens is 2. The van der Waals surface area contributed by atoms with E-state index < -0.39 is 18.3 Å². The molecule has 2 N–H and O–H groups in total. The lowest BCUT2D eigenvalue weighted by molar-refractivity contribution is -0.193. The molecule has 2 atom stereocenters. The fourth-order valence-corrected chi connectivity index (χ4v) is 2.37. The second-order valence-corrected chi connectivity index (χ2v) is 4.57. The number of halogens is 3. The van der Waals surface area contributed by atoms with Gasteiger partial charge in [-0.05, 0) is 6.42 Å². The lowest BCUT2D eigenvalue weighted by Gasteiger charge is -2.38. The zero-order chi connectivity index (χ0) is 13.3. The van der Waals surface area contributed by atoms with Crippen molar-refractivity contribution in [3.05, 3.63) is 18.2 Å². The van der Waals surface area contributed by atoms with Crippen LogP contribution in [-0.4, -0.2) is 39.3 Å². The lowest BCUT2D eigenvalue weighted by atomic mass is 10.0. The predicted octanol–water partition coefficient (Wildman–Crippen LogP) is 1.37. The molecule has 18 heavy (non-hydrogen) atoms. The minimum atomic E-state index is -4.30. The van der Waals surface area contributed by atoms with Crippen molar-refractivity contribution in [2.75, 3.05) is 6.54 Å². The van der Waals surface area contributed by atoms with Gasteiger partial charge in [-0.25, -0.2) is 4.98 Å². The SMILES string of the molecule is CCC(N)C(N1CCn2ccnc2C1)C(F)(F)F. The Labute approximate surface area is 104 Å². The van der Waals surface area contributed by atoms with Crippen molar-refractivity contribution in [1.29, 1.82) is 0 Å². The molecule has 0 aromatic carbocycles. The highest BCUT2D eigenvalue weighted by atomic mass is 19.4. The Morgan fingerprint density at radius 1 is 1.44 bits per heavy atom. The Morgan fingerprint density at radius 3 is 2.78 bits per heavy atom. The predicted molar refractivity (Wildman–Crippen MR) is 60.7 cm³/mol. The van der Waals surface area contributed by atoms with E-state index in [0.717, 1.165) is 0 Å². The molecule has 0 spiro atoms. The van der Waals surface area contributed by atoms with Gasteiger partial charge in [0.15, 0.2) is 0 Å².